The molecule has 0 aromatic heterocycles. The van der Waals surface area contributed by atoms with Crippen LogP contribution in [0.25, 0.3) is 49.0 Å². The second kappa shape index (κ2) is 15.2. The van der Waals surface area contributed by atoms with Crippen molar-refractivity contribution in [2.24, 2.45) is 11.3 Å². The summed E-state index contributed by atoms with van der Waals surface area (Å²) in [6.07, 6.45) is 16.3. The van der Waals surface area contributed by atoms with E-state index in [1.165, 1.54) is 54.6 Å². The van der Waals surface area contributed by atoms with E-state index in [9.17, 15) is 0 Å². The van der Waals surface area contributed by atoms with Crippen LogP contribution in [0.3, 0.4) is 0 Å². The quantitative estimate of drug-likeness (QED) is 0.142. The molecule has 2 heteroatoms. The number of hydrogen-bond acceptors (Lipinski definition) is 2. The summed E-state index contributed by atoms with van der Waals surface area (Å²) >= 11 is 0. The Labute approximate surface area is 358 Å². The second-order valence-electron chi connectivity index (χ2n) is 16.4. The highest BCUT2D eigenvalue weighted by molar-refractivity contribution is 6.21. The van der Waals surface area contributed by atoms with Gasteiger partial charge >= 0.3 is 0 Å². The minimum absolute atomic E-state index is 0.0729. The summed E-state index contributed by atoms with van der Waals surface area (Å²) in [7, 11) is 0. The molecular weight excluding hydrogens is 737 g/mol. The third-order valence-electron chi connectivity index (χ3n) is 12.6. The first kappa shape index (κ1) is 36.4. The molecule has 0 radical (unpaired) electrons. The molecule has 2 aliphatic rings. The van der Waals surface area contributed by atoms with E-state index in [0.717, 1.165) is 34.1 Å². The number of nitrogens with zero attached hydrogens (tertiary/aromatic N) is 2. The monoisotopic (exact) mass is 780 g/mol. The lowest BCUT2D eigenvalue weighted by Gasteiger charge is -2.34. The predicted octanol–water partition coefficient (Wildman–Crippen LogP) is 16.5. The van der Waals surface area contributed by atoms with Crippen molar-refractivity contribution >= 4 is 72.0 Å². The van der Waals surface area contributed by atoms with Gasteiger partial charge in [0.05, 0.1) is 0 Å². The van der Waals surface area contributed by atoms with Crippen molar-refractivity contribution in [3.8, 4) is 11.1 Å². The van der Waals surface area contributed by atoms with E-state index in [-0.39, 0.29) is 11.3 Å². The number of hydrogen-bond donors (Lipinski definition) is 0. The highest BCUT2D eigenvalue weighted by Crippen LogP contribution is 2.50. The highest BCUT2D eigenvalue weighted by atomic mass is 15.1. The van der Waals surface area contributed by atoms with Gasteiger partial charge in [-0.2, -0.15) is 0 Å². The van der Waals surface area contributed by atoms with Crippen molar-refractivity contribution in [1.82, 2.24) is 0 Å². The molecule has 11 rings (SSSR count). The molecule has 0 amide bonds. The van der Waals surface area contributed by atoms with Crippen LogP contribution < -0.4 is 9.80 Å². The summed E-state index contributed by atoms with van der Waals surface area (Å²) in [5.74, 6) is 0.238. The summed E-state index contributed by atoms with van der Waals surface area (Å²) in [4.78, 5) is 4.75. The molecule has 0 N–H and O–H groups in total. The van der Waals surface area contributed by atoms with Gasteiger partial charge in [-0.3, -0.25) is 0 Å². The van der Waals surface area contributed by atoms with Gasteiger partial charge in [0.25, 0.3) is 0 Å². The topological polar surface area (TPSA) is 6.48 Å². The zero-order valence-corrected chi connectivity index (χ0v) is 34.1. The van der Waals surface area contributed by atoms with Gasteiger partial charge < -0.3 is 9.80 Å². The number of fused-ring (bicyclic) bond motifs is 4. The number of allylic oxidation sites excluding steroid dienone is 8. The third kappa shape index (κ3) is 6.54. The van der Waals surface area contributed by atoms with Gasteiger partial charge in [-0.25, -0.2) is 0 Å². The van der Waals surface area contributed by atoms with Crippen LogP contribution in [0.4, 0.5) is 34.1 Å². The smallest absolute Gasteiger partial charge is 0.0468 e. The van der Waals surface area contributed by atoms with Gasteiger partial charge in [0, 0.05) is 45.5 Å². The van der Waals surface area contributed by atoms with Crippen molar-refractivity contribution in [2.75, 3.05) is 9.80 Å². The van der Waals surface area contributed by atoms with Gasteiger partial charge in [0.2, 0.25) is 0 Å². The van der Waals surface area contributed by atoms with Crippen molar-refractivity contribution in [2.45, 2.75) is 6.92 Å². The average Bonchev–Trinajstić information content (AvgIpc) is 3.32. The van der Waals surface area contributed by atoms with Crippen molar-refractivity contribution < 1.29 is 0 Å². The molecule has 290 valence electrons. The Morgan fingerprint density at radius 1 is 0.393 bits per heavy atom. The summed E-state index contributed by atoms with van der Waals surface area (Å²) in [5, 5.41) is 7.32. The molecule has 61 heavy (non-hydrogen) atoms. The Morgan fingerprint density at radius 2 is 0.885 bits per heavy atom. The fourth-order valence-electron chi connectivity index (χ4n) is 9.50. The number of para-hydroxylation sites is 4. The normalized spacial score (nSPS) is 16.7. The molecule has 9 aromatic rings. The Bertz CT molecular complexity index is 3120. The first-order valence-electron chi connectivity index (χ1n) is 21.2. The number of anilines is 6. The molecule has 0 saturated heterocycles. The van der Waals surface area contributed by atoms with E-state index in [0.29, 0.717) is 0 Å². The average molecular weight is 781 g/mol. The Kier molecular flexibility index (Phi) is 9.05. The zero-order valence-electron chi connectivity index (χ0n) is 34.1. The standard InChI is InChI=1S/C59H44N2/c1-59-36-17-16-20-46(59)39-45(35-37-59)58-54-34-32-51(60(47-21-6-2-7-22-47)48-23-8-3-9-24-48)40-55(54)57(44-30-29-42-18-14-15-19-43(42)38-44)53-33-31-52(41-56(53)58)61(49-25-10-4-11-26-49)50-27-12-5-13-28-50/h2-41,46H,1H3. The molecule has 2 aliphatic carbocycles. The predicted molar refractivity (Wildman–Crippen MR) is 261 cm³/mol. The molecule has 2 nitrogen and oxygen atoms in total. The highest BCUT2D eigenvalue weighted by Gasteiger charge is 2.31. The second-order valence-corrected chi connectivity index (χ2v) is 16.4. The maximum Gasteiger partial charge on any atom is 0.0468 e. The molecule has 0 fully saturated rings. The van der Waals surface area contributed by atoms with E-state index in [2.05, 4.69) is 259 Å². The van der Waals surface area contributed by atoms with E-state index in [1.54, 1.807) is 0 Å². The first-order valence-corrected chi connectivity index (χ1v) is 21.2. The van der Waals surface area contributed by atoms with Crippen LogP contribution >= 0.6 is 0 Å². The van der Waals surface area contributed by atoms with Crippen LogP contribution in [0.15, 0.2) is 243 Å². The van der Waals surface area contributed by atoms with E-state index < -0.39 is 0 Å². The maximum atomic E-state index is 2.50. The van der Waals surface area contributed by atoms with Gasteiger partial charge in [-0.05, 0) is 133 Å². The lowest BCUT2D eigenvalue weighted by molar-refractivity contribution is 0.454. The van der Waals surface area contributed by atoms with Crippen LogP contribution in [0.2, 0.25) is 0 Å². The van der Waals surface area contributed by atoms with Gasteiger partial charge in [0.1, 0.15) is 0 Å². The fraction of sp³-hybridized carbons (Fsp3) is 0.0508. The fourth-order valence-corrected chi connectivity index (χ4v) is 9.50. The van der Waals surface area contributed by atoms with Crippen LogP contribution in [0, 0.1) is 11.3 Å². The number of rotatable bonds is 8. The molecule has 2 unspecified atom stereocenters. The Hall–Kier alpha value is -7.68. The lowest BCUT2D eigenvalue weighted by Crippen LogP contribution is -2.24. The minimum Gasteiger partial charge on any atom is -0.310 e. The van der Waals surface area contributed by atoms with Crippen LogP contribution in [-0.4, -0.2) is 0 Å². The van der Waals surface area contributed by atoms with Crippen molar-refractivity contribution in [3.05, 3.63) is 248 Å². The molecule has 0 heterocycles. The molecular formula is C59H44N2. The molecule has 2 atom stereocenters. The molecule has 0 saturated carbocycles. The Balaban J connectivity index is 1.25. The lowest BCUT2D eigenvalue weighted by atomic mass is 9.69. The summed E-state index contributed by atoms with van der Waals surface area (Å²) < 4.78 is 0. The van der Waals surface area contributed by atoms with E-state index in [4.69, 9.17) is 0 Å². The number of benzene rings is 9. The van der Waals surface area contributed by atoms with Crippen LogP contribution in [0.1, 0.15) is 12.5 Å². The van der Waals surface area contributed by atoms with Crippen molar-refractivity contribution in [3.63, 3.8) is 0 Å². The van der Waals surface area contributed by atoms with Crippen molar-refractivity contribution in [1.29, 1.82) is 0 Å². The minimum atomic E-state index is -0.0729. The van der Waals surface area contributed by atoms with Crippen LogP contribution in [-0.2, 0) is 0 Å². The summed E-state index contributed by atoms with van der Waals surface area (Å²) in [6, 6.07) is 72.8. The zero-order chi connectivity index (χ0) is 40.8. The molecule has 9 aromatic carbocycles. The van der Waals surface area contributed by atoms with E-state index >= 15 is 0 Å². The van der Waals surface area contributed by atoms with Crippen LogP contribution in [0.5, 0.6) is 0 Å². The van der Waals surface area contributed by atoms with E-state index in [1.807, 2.05) is 0 Å². The first-order chi connectivity index (χ1) is 30.1. The third-order valence-corrected chi connectivity index (χ3v) is 12.6. The summed E-state index contributed by atoms with van der Waals surface area (Å²) in [6.45, 7) is 2.34. The van der Waals surface area contributed by atoms with Gasteiger partial charge in [-0.1, -0.05) is 171 Å². The van der Waals surface area contributed by atoms with Gasteiger partial charge in [-0.15, -0.1) is 0 Å². The Morgan fingerprint density at radius 3 is 1.44 bits per heavy atom. The largest absolute Gasteiger partial charge is 0.310 e. The molecule has 0 bridgehead atoms. The maximum absolute atomic E-state index is 2.50. The SMILES string of the molecule is CC12C=CC=CC1C=C(c1c3cc(N(c4ccccc4)c4ccccc4)ccc3c(-c3ccc4ccccc4c3)c3cc(N(c4ccccc4)c4ccccc4)ccc13)C=C2. The summed E-state index contributed by atoms with van der Waals surface area (Å²) in [5.41, 5.74) is 11.5. The molecule has 0 aliphatic heterocycles. The molecule has 0 spiro atoms. The van der Waals surface area contributed by atoms with Gasteiger partial charge in [0.15, 0.2) is 0 Å².